The van der Waals surface area contributed by atoms with Crippen LogP contribution in [-0.2, 0) is 4.79 Å². The molecular formula is C20H25N3O2. The fraction of sp³-hybridized carbons (Fsp3) is 0.500. The minimum atomic E-state index is 0.106. The molecule has 0 radical (unpaired) electrons. The zero-order chi connectivity index (χ0) is 17.4. The second-order valence-corrected chi connectivity index (χ2v) is 7.27. The van der Waals surface area contributed by atoms with Gasteiger partial charge in [-0.3, -0.25) is 9.48 Å². The number of carbonyl (C=O) groups excluding carboxylic acids is 1. The molecule has 1 aromatic heterocycles. The summed E-state index contributed by atoms with van der Waals surface area (Å²) in [4.78, 5) is 15.0. The number of hydrogen-bond acceptors (Lipinski definition) is 3. The Labute approximate surface area is 148 Å². The molecule has 0 spiro atoms. The van der Waals surface area contributed by atoms with E-state index < -0.39 is 0 Å². The molecule has 5 nitrogen and oxygen atoms in total. The summed E-state index contributed by atoms with van der Waals surface area (Å²) in [5.41, 5.74) is 2.33. The lowest BCUT2D eigenvalue weighted by Gasteiger charge is -2.33. The summed E-state index contributed by atoms with van der Waals surface area (Å²) >= 11 is 0. The highest BCUT2D eigenvalue weighted by Gasteiger charge is 2.47. The van der Waals surface area contributed by atoms with Crippen molar-refractivity contribution in [2.24, 2.45) is 5.92 Å². The van der Waals surface area contributed by atoms with E-state index in [1.807, 2.05) is 34.0 Å². The number of methoxy groups -OCH3 is 1. The quantitative estimate of drug-likeness (QED) is 0.859. The first kappa shape index (κ1) is 16.2. The number of ether oxygens (including phenoxy) is 1. The monoisotopic (exact) mass is 339 g/mol. The van der Waals surface area contributed by atoms with Crippen LogP contribution in [0.4, 0.5) is 0 Å². The van der Waals surface area contributed by atoms with Crippen LogP contribution in [0.5, 0.6) is 5.75 Å². The summed E-state index contributed by atoms with van der Waals surface area (Å²) in [5.74, 6) is 1.60. The maximum Gasteiger partial charge on any atom is 0.226 e. The van der Waals surface area contributed by atoms with Gasteiger partial charge in [-0.2, -0.15) is 5.10 Å². The van der Waals surface area contributed by atoms with Crippen LogP contribution in [-0.4, -0.2) is 40.8 Å². The lowest BCUT2D eigenvalue weighted by Crippen LogP contribution is -2.41. The van der Waals surface area contributed by atoms with Crippen LogP contribution in [0, 0.1) is 12.8 Å². The van der Waals surface area contributed by atoms with E-state index in [1.165, 1.54) is 11.1 Å². The van der Waals surface area contributed by atoms with Gasteiger partial charge in [0.15, 0.2) is 0 Å². The van der Waals surface area contributed by atoms with Crippen LogP contribution in [0.2, 0.25) is 0 Å². The third-order valence-corrected chi connectivity index (χ3v) is 5.46. The summed E-state index contributed by atoms with van der Waals surface area (Å²) in [5, 5.41) is 4.44. The zero-order valence-corrected chi connectivity index (χ0v) is 14.9. The molecule has 2 heterocycles. The first-order chi connectivity index (χ1) is 12.2. The van der Waals surface area contributed by atoms with Gasteiger partial charge in [0.1, 0.15) is 5.75 Å². The van der Waals surface area contributed by atoms with Gasteiger partial charge in [-0.05, 0) is 49.3 Å². The Hall–Kier alpha value is -2.30. The molecule has 5 heteroatoms. The molecule has 4 rings (SSSR count). The summed E-state index contributed by atoms with van der Waals surface area (Å²) in [6.07, 6.45) is 7.03. The molecule has 25 heavy (non-hydrogen) atoms. The van der Waals surface area contributed by atoms with Crippen molar-refractivity contribution in [3.63, 3.8) is 0 Å². The molecule has 2 fully saturated rings. The molecule has 1 aromatic carbocycles. The highest BCUT2D eigenvalue weighted by molar-refractivity contribution is 5.83. The van der Waals surface area contributed by atoms with Gasteiger partial charge in [0.05, 0.1) is 19.3 Å². The Morgan fingerprint density at radius 3 is 2.92 bits per heavy atom. The molecular weight excluding hydrogens is 314 g/mol. The molecule has 0 unspecified atom stereocenters. The first-order valence-electron chi connectivity index (χ1n) is 9.10. The van der Waals surface area contributed by atoms with Crippen molar-refractivity contribution in [1.29, 1.82) is 0 Å². The van der Waals surface area contributed by atoms with Crippen molar-refractivity contribution in [2.45, 2.75) is 38.1 Å². The van der Waals surface area contributed by atoms with E-state index in [4.69, 9.17) is 4.74 Å². The molecule has 1 aliphatic carbocycles. The van der Waals surface area contributed by atoms with Gasteiger partial charge in [-0.15, -0.1) is 0 Å². The predicted octanol–water partition coefficient (Wildman–Crippen LogP) is 3.17. The van der Waals surface area contributed by atoms with Crippen molar-refractivity contribution in [2.75, 3.05) is 20.2 Å². The Morgan fingerprint density at radius 2 is 2.16 bits per heavy atom. The second kappa shape index (κ2) is 6.54. The van der Waals surface area contributed by atoms with Gasteiger partial charge in [-0.25, -0.2) is 0 Å². The third kappa shape index (κ3) is 3.15. The molecule has 3 atom stereocenters. The molecule has 0 N–H and O–H groups in total. The number of piperidine rings is 1. The van der Waals surface area contributed by atoms with E-state index in [0.717, 1.165) is 38.1 Å². The summed E-state index contributed by atoms with van der Waals surface area (Å²) < 4.78 is 7.49. The maximum atomic E-state index is 13.0. The standard InChI is InChI=1S/C20H25N3O2/c1-14-11-21-23(12-14)15-6-5-9-22(13-15)20(24)18-10-17(18)16-7-3-4-8-19(16)25-2/h3-4,7-8,11-12,15,17-18H,5-6,9-10,13H2,1-2H3/t15-,17-,18-/m0/s1. The summed E-state index contributed by atoms with van der Waals surface area (Å²) in [7, 11) is 1.69. The van der Waals surface area contributed by atoms with Crippen LogP contribution in [0.3, 0.4) is 0 Å². The van der Waals surface area contributed by atoms with Crippen LogP contribution >= 0.6 is 0 Å². The molecule has 2 aromatic rings. The largest absolute Gasteiger partial charge is 0.496 e. The molecule has 1 aliphatic heterocycles. The number of aromatic nitrogens is 2. The number of amides is 1. The minimum Gasteiger partial charge on any atom is -0.496 e. The van der Waals surface area contributed by atoms with E-state index in [-0.39, 0.29) is 5.92 Å². The van der Waals surface area contributed by atoms with Gasteiger partial charge >= 0.3 is 0 Å². The Balaban J connectivity index is 1.43. The van der Waals surface area contributed by atoms with E-state index in [0.29, 0.717) is 17.9 Å². The molecule has 1 saturated carbocycles. The number of benzene rings is 1. The van der Waals surface area contributed by atoms with Crippen LogP contribution in [0.15, 0.2) is 36.7 Å². The number of carbonyl (C=O) groups is 1. The zero-order valence-electron chi connectivity index (χ0n) is 14.9. The maximum absolute atomic E-state index is 13.0. The van der Waals surface area contributed by atoms with Gasteiger partial charge in [0, 0.05) is 25.2 Å². The summed E-state index contributed by atoms with van der Waals surface area (Å²) in [6.45, 7) is 3.69. The van der Waals surface area contributed by atoms with Crippen LogP contribution in [0.25, 0.3) is 0 Å². The van der Waals surface area contributed by atoms with Gasteiger partial charge in [0.2, 0.25) is 5.91 Å². The van der Waals surface area contributed by atoms with E-state index >= 15 is 0 Å². The number of nitrogens with zero attached hydrogens (tertiary/aromatic N) is 3. The highest BCUT2D eigenvalue weighted by atomic mass is 16.5. The third-order valence-electron chi connectivity index (χ3n) is 5.46. The lowest BCUT2D eigenvalue weighted by atomic mass is 10.0. The first-order valence-corrected chi connectivity index (χ1v) is 9.10. The van der Waals surface area contributed by atoms with Crippen LogP contribution in [0.1, 0.15) is 42.3 Å². The number of hydrogen-bond donors (Lipinski definition) is 0. The Kier molecular flexibility index (Phi) is 4.24. The molecule has 2 aliphatic rings. The topological polar surface area (TPSA) is 47.4 Å². The van der Waals surface area contributed by atoms with E-state index in [2.05, 4.69) is 24.3 Å². The lowest BCUT2D eigenvalue weighted by molar-refractivity contribution is -0.134. The summed E-state index contributed by atoms with van der Waals surface area (Å²) in [6, 6.07) is 8.36. The van der Waals surface area contributed by atoms with Crippen LogP contribution < -0.4 is 4.74 Å². The number of para-hydroxylation sites is 1. The average molecular weight is 339 g/mol. The number of likely N-dealkylation sites (tertiary alicyclic amines) is 1. The second-order valence-electron chi connectivity index (χ2n) is 7.27. The molecule has 0 bridgehead atoms. The minimum absolute atomic E-state index is 0.106. The fourth-order valence-corrected chi connectivity index (χ4v) is 4.02. The van der Waals surface area contributed by atoms with Crippen molar-refractivity contribution < 1.29 is 9.53 Å². The SMILES string of the molecule is COc1ccccc1[C@@H]1C[C@@H]1C(=O)N1CCC[C@H](n2cc(C)cn2)C1. The van der Waals surface area contributed by atoms with E-state index in [1.54, 1.807) is 7.11 Å². The normalized spacial score (nSPS) is 25.7. The van der Waals surface area contributed by atoms with E-state index in [9.17, 15) is 4.79 Å². The smallest absolute Gasteiger partial charge is 0.226 e. The number of aryl methyl sites for hydroxylation is 1. The van der Waals surface area contributed by atoms with Gasteiger partial charge in [-0.1, -0.05) is 18.2 Å². The van der Waals surface area contributed by atoms with Crippen molar-refractivity contribution >= 4 is 5.91 Å². The van der Waals surface area contributed by atoms with Gasteiger partial charge in [0.25, 0.3) is 0 Å². The van der Waals surface area contributed by atoms with Crippen molar-refractivity contribution in [1.82, 2.24) is 14.7 Å². The Morgan fingerprint density at radius 1 is 1.32 bits per heavy atom. The predicted molar refractivity (Wildman–Crippen MR) is 95.7 cm³/mol. The highest BCUT2D eigenvalue weighted by Crippen LogP contribution is 2.51. The van der Waals surface area contributed by atoms with Gasteiger partial charge < -0.3 is 9.64 Å². The molecule has 1 amide bonds. The molecule has 132 valence electrons. The average Bonchev–Trinajstić information content (AvgIpc) is 3.34. The number of rotatable bonds is 4. The van der Waals surface area contributed by atoms with Crippen molar-refractivity contribution in [3.05, 3.63) is 47.8 Å². The Bertz CT molecular complexity index is 770. The molecule has 1 saturated heterocycles. The van der Waals surface area contributed by atoms with Crippen molar-refractivity contribution in [3.8, 4) is 5.75 Å². The fourth-order valence-electron chi connectivity index (χ4n) is 4.02.